The Hall–Kier alpha value is -1.34. The van der Waals surface area contributed by atoms with Crippen LogP contribution in [-0.2, 0) is 28.5 Å². The van der Waals surface area contributed by atoms with E-state index < -0.39 is 18.3 Å². The van der Waals surface area contributed by atoms with Crippen LogP contribution in [0.2, 0.25) is 0 Å². The minimum Gasteiger partial charge on any atom is -0.388 e. The van der Waals surface area contributed by atoms with Gasteiger partial charge in [0.15, 0.2) is 0 Å². The highest BCUT2D eigenvalue weighted by molar-refractivity contribution is 5.80. The van der Waals surface area contributed by atoms with Crippen LogP contribution in [0.3, 0.4) is 0 Å². The molecule has 182 valence electrons. The van der Waals surface area contributed by atoms with Crippen LogP contribution in [0.1, 0.15) is 20.3 Å². The predicted octanol–water partition coefficient (Wildman–Crippen LogP) is -2.00. The Balaban J connectivity index is 0.000000279. The van der Waals surface area contributed by atoms with Crippen LogP contribution in [0, 0.1) is 11.8 Å². The van der Waals surface area contributed by atoms with E-state index in [1.807, 2.05) is 0 Å². The molecule has 0 aliphatic carbocycles. The Morgan fingerprint density at radius 1 is 0.839 bits per heavy atom. The van der Waals surface area contributed by atoms with E-state index in [0.717, 1.165) is 0 Å². The fourth-order valence-electron chi connectivity index (χ4n) is 4.79. The first-order valence-corrected chi connectivity index (χ1v) is 10.1. The van der Waals surface area contributed by atoms with E-state index in [4.69, 9.17) is 18.9 Å². The zero-order valence-corrected chi connectivity index (χ0v) is 18.1. The molecule has 0 aromatic rings. The number of nitrogens with two attached hydrogens (primary N) is 1. The van der Waals surface area contributed by atoms with Gasteiger partial charge in [0.05, 0.1) is 36.3 Å². The SMILES string of the molecule is C.CN.CNC(=O)C1CC2O[C@@H]1[C@@H](O)C2OC.CNC(=O)C1CC2O[C@@H]1[C@@H](OC)C2O. The van der Waals surface area contributed by atoms with Crippen molar-refractivity contribution in [2.75, 3.05) is 35.4 Å². The number of fused-ring (bicyclic) bond motifs is 4. The van der Waals surface area contributed by atoms with Crippen molar-refractivity contribution in [2.24, 2.45) is 17.6 Å². The van der Waals surface area contributed by atoms with Crippen LogP contribution in [0.25, 0.3) is 0 Å². The first kappa shape index (κ1) is 27.7. The summed E-state index contributed by atoms with van der Waals surface area (Å²) < 4.78 is 21.2. The number of nitrogens with one attached hydrogen (secondary N) is 2. The van der Waals surface area contributed by atoms with E-state index in [1.165, 1.54) is 14.2 Å². The molecule has 31 heavy (non-hydrogen) atoms. The van der Waals surface area contributed by atoms with Crippen LogP contribution < -0.4 is 16.4 Å². The van der Waals surface area contributed by atoms with E-state index in [9.17, 15) is 19.8 Å². The molecule has 0 radical (unpaired) electrons. The molecule has 6 unspecified atom stereocenters. The summed E-state index contributed by atoms with van der Waals surface area (Å²) >= 11 is 0. The van der Waals surface area contributed by atoms with Crippen LogP contribution in [0.4, 0.5) is 0 Å². The molecular weight excluding hydrogens is 410 g/mol. The molecule has 10 atom stereocenters. The summed E-state index contributed by atoms with van der Waals surface area (Å²) in [6.07, 6.45) is -1.76. The lowest BCUT2D eigenvalue weighted by Gasteiger charge is -2.27. The van der Waals surface area contributed by atoms with Crippen molar-refractivity contribution >= 4 is 11.8 Å². The highest BCUT2D eigenvalue weighted by Gasteiger charge is 2.57. The molecule has 11 heteroatoms. The number of carbonyl (C=O) groups is 2. The Bertz CT molecular complexity index is 593. The number of aliphatic hydroxyl groups is 2. The number of hydrogen-bond donors (Lipinski definition) is 5. The van der Waals surface area contributed by atoms with Crippen LogP contribution in [0.5, 0.6) is 0 Å². The highest BCUT2D eigenvalue weighted by atomic mass is 16.6. The fourth-order valence-corrected chi connectivity index (χ4v) is 4.79. The fraction of sp³-hybridized carbons (Fsp3) is 0.900. The van der Waals surface area contributed by atoms with E-state index in [-0.39, 0.29) is 61.6 Å². The van der Waals surface area contributed by atoms with Gasteiger partial charge in [0.1, 0.15) is 24.4 Å². The quantitative estimate of drug-likeness (QED) is 0.327. The van der Waals surface area contributed by atoms with Gasteiger partial charge in [-0.3, -0.25) is 9.59 Å². The molecule has 4 bridgehead atoms. The molecule has 0 aromatic carbocycles. The number of hydrogen-bond acceptors (Lipinski definition) is 9. The summed E-state index contributed by atoms with van der Waals surface area (Å²) in [6.45, 7) is 0. The average Bonchev–Trinajstić information content (AvgIpc) is 3.53. The third-order valence-corrected chi connectivity index (χ3v) is 6.22. The molecular formula is C20H39N3O8. The van der Waals surface area contributed by atoms with Gasteiger partial charge in [0.2, 0.25) is 11.8 Å². The van der Waals surface area contributed by atoms with E-state index in [1.54, 1.807) is 21.2 Å². The van der Waals surface area contributed by atoms with Crippen LogP contribution in [-0.4, -0.2) is 106 Å². The van der Waals surface area contributed by atoms with E-state index in [0.29, 0.717) is 12.8 Å². The molecule has 6 N–H and O–H groups in total. The Morgan fingerprint density at radius 2 is 1.29 bits per heavy atom. The highest BCUT2D eigenvalue weighted by Crippen LogP contribution is 2.41. The van der Waals surface area contributed by atoms with Gasteiger partial charge in [-0.1, -0.05) is 7.43 Å². The maximum Gasteiger partial charge on any atom is 0.225 e. The first-order chi connectivity index (χ1) is 14.4. The third-order valence-electron chi connectivity index (χ3n) is 6.22. The van der Waals surface area contributed by atoms with Crippen LogP contribution in [0.15, 0.2) is 0 Å². The van der Waals surface area contributed by atoms with E-state index in [2.05, 4.69) is 16.4 Å². The van der Waals surface area contributed by atoms with Gasteiger partial charge in [-0.15, -0.1) is 0 Å². The molecule has 0 spiro atoms. The maximum atomic E-state index is 11.4. The second-order valence-electron chi connectivity index (χ2n) is 7.57. The normalized spacial score (nSPS) is 41.3. The van der Waals surface area contributed by atoms with E-state index >= 15 is 0 Å². The molecule has 0 saturated carbocycles. The van der Waals surface area contributed by atoms with Crippen molar-refractivity contribution < 1.29 is 38.7 Å². The Morgan fingerprint density at radius 3 is 1.71 bits per heavy atom. The number of methoxy groups -OCH3 is 2. The molecule has 4 heterocycles. The van der Waals surface area contributed by atoms with Crippen molar-refractivity contribution in [2.45, 2.75) is 69.1 Å². The summed E-state index contributed by atoms with van der Waals surface area (Å²) in [4.78, 5) is 22.8. The van der Waals surface area contributed by atoms with Gasteiger partial charge in [-0.25, -0.2) is 0 Å². The third kappa shape index (κ3) is 5.19. The van der Waals surface area contributed by atoms with Gasteiger partial charge in [0.25, 0.3) is 0 Å². The summed E-state index contributed by atoms with van der Waals surface area (Å²) in [5, 5.41) is 24.6. The van der Waals surface area contributed by atoms with Gasteiger partial charge >= 0.3 is 0 Å². The Kier molecular flexibility index (Phi) is 10.8. The van der Waals surface area contributed by atoms with Gasteiger partial charge < -0.3 is 45.5 Å². The zero-order chi connectivity index (χ0) is 22.6. The molecule has 11 nitrogen and oxygen atoms in total. The molecule has 4 aliphatic heterocycles. The monoisotopic (exact) mass is 449 g/mol. The molecule has 0 aromatic heterocycles. The second-order valence-corrected chi connectivity index (χ2v) is 7.57. The molecule has 4 aliphatic rings. The number of rotatable bonds is 4. The van der Waals surface area contributed by atoms with Crippen LogP contribution >= 0.6 is 0 Å². The number of aliphatic hydroxyl groups excluding tert-OH is 2. The van der Waals surface area contributed by atoms with Crippen molar-refractivity contribution in [1.82, 2.24) is 10.6 Å². The second kappa shape index (κ2) is 12.0. The summed E-state index contributed by atoms with van der Waals surface area (Å²) in [5.41, 5.74) is 4.50. The van der Waals surface area contributed by atoms with Crippen molar-refractivity contribution in [3.05, 3.63) is 0 Å². The Labute approximate surface area is 183 Å². The minimum absolute atomic E-state index is 0. The lowest BCUT2D eigenvalue weighted by molar-refractivity contribution is -0.130. The predicted molar refractivity (Wildman–Crippen MR) is 112 cm³/mol. The number of ether oxygens (including phenoxy) is 4. The lowest BCUT2D eigenvalue weighted by atomic mass is 9.84. The molecule has 2 amide bonds. The first-order valence-electron chi connectivity index (χ1n) is 10.1. The minimum atomic E-state index is -0.680. The molecule has 4 rings (SSSR count). The smallest absolute Gasteiger partial charge is 0.225 e. The summed E-state index contributed by atoms with van der Waals surface area (Å²) in [7, 11) is 7.77. The topological polar surface area (TPSA) is 162 Å². The standard InChI is InChI=1S/2C9H15NO4.CH5N.CH4/c1-10-9(12)4-3-5-8(13-2)6(11)7(4)14-5;1-10-9(12)4-3-5-6(11)8(13-2)7(4)14-5;1-2;/h2*4-8,11H,3H2,1-2H3,(H,10,12);2H2,1H3;1H4/t4?,5?,6-,7+,8?;4?,5?,6?,7-,8-;;/m10../s1. The number of amides is 2. The van der Waals surface area contributed by atoms with Crippen molar-refractivity contribution in [3.63, 3.8) is 0 Å². The largest absolute Gasteiger partial charge is 0.388 e. The molecule has 4 fully saturated rings. The van der Waals surface area contributed by atoms with Gasteiger partial charge in [-0.2, -0.15) is 0 Å². The maximum absolute atomic E-state index is 11.4. The van der Waals surface area contributed by atoms with Gasteiger partial charge in [0, 0.05) is 28.3 Å². The summed E-state index contributed by atoms with van der Waals surface area (Å²) in [6, 6.07) is 0. The van der Waals surface area contributed by atoms with Gasteiger partial charge in [-0.05, 0) is 19.9 Å². The van der Waals surface area contributed by atoms with Crippen molar-refractivity contribution in [3.8, 4) is 0 Å². The summed E-state index contributed by atoms with van der Waals surface area (Å²) in [5.74, 6) is -0.512. The molecule has 4 saturated heterocycles. The number of carbonyl (C=O) groups excluding carboxylic acids is 2. The zero-order valence-electron chi connectivity index (χ0n) is 18.1. The van der Waals surface area contributed by atoms with Crippen molar-refractivity contribution in [1.29, 1.82) is 0 Å². The average molecular weight is 450 g/mol. The lowest BCUT2D eigenvalue weighted by Crippen LogP contribution is -2.47.